The number of aromatic nitrogens is 4. The zero-order valence-electron chi connectivity index (χ0n) is 19.4. The van der Waals surface area contributed by atoms with Crippen LogP contribution in [0.15, 0.2) is 59.6 Å². The average molecular weight is 464 g/mol. The van der Waals surface area contributed by atoms with Crippen LogP contribution in [0.1, 0.15) is 35.7 Å². The first kappa shape index (κ1) is 22.2. The van der Waals surface area contributed by atoms with E-state index in [0.717, 1.165) is 47.1 Å². The van der Waals surface area contributed by atoms with E-state index < -0.39 is 6.43 Å². The summed E-state index contributed by atoms with van der Waals surface area (Å²) in [5.41, 5.74) is 3.70. The maximum absolute atomic E-state index is 13.1. The minimum atomic E-state index is -2.45. The summed E-state index contributed by atoms with van der Waals surface area (Å²) in [6.45, 7) is 5.74. The molecule has 0 bridgehead atoms. The Morgan fingerprint density at radius 2 is 2.09 bits per heavy atom. The van der Waals surface area contributed by atoms with Crippen LogP contribution in [0.3, 0.4) is 0 Å². The van der Waals surface area contributed by atoms with E-state index in [4.69, 9.17) is 9.98 Å². The number of fused-ring (bicyclic) bond motifs is 1. The van der Waals surface area contributed by atoms with Gasteiger partial charge in [0.2, 0.25) is 5.95 Å². The van der Waals surface area contributed by atoms with Gasteiger partial charge < -0.3 is 10.2 Å². The molecule has 0 amide bonds. The van der Waals surface area contributed by atoms with Crippen molar-refractivity contribution in [3.8, 4) is 0 Å². The summed E-state index contributed by atoms with van der Waals surface area (Å²) < 4.78 is 27.9. The lowest BCUT2D eigenvalue weighted by molar-refractivity contribution is 0.151. The first-order chi connectivity index (χ1) is 16.4. The van der Waals surface area contributed by atoms with E-state index in [-0.39, 0.29) is 11.5 Å². The van der Waals surface area contributed by atoms with Gasteiger partial charge >= 0.3 is 0 Å². The Hall–Kier alpha value is -3.62. The van der Waals surface area contributed by atoms with E-state index in [1.807, 2.05) is 26.1 Å². The van der Waals surface area contributed by atoms with Crippen LogP contribution in [0.2, 0.25) is 0 Å². The van der Waals surface area contributed by atoms with Crippen molar-refractivity contribution in [3.05, 3.63) is 77.0 Å². The molecular formula is C25H27F2N7. The number of halogens is 2. The zero-order valence-corrected chi connectivity index (χ0v) is 19.4. The second kappa shape index (κ2) is 8.96. The highest BCUT2D eigenvalue weighted by atomic mass is 19.3. The molecule has 0 fully saturated rings. The molecule has 4 heterocycles. The standard InChI is InChI=1S/C25H27F2N7/c1-15-12-28-25(31-21-7-8-29-33(21)3)32-23(15)20-14-34-13-16(2)19(11-22(34)30-20)10-17-5-4-6-18(9-17)24(26)27/h4-9,11-12,16,19,24H,10,13-14H2,1-3H3,(H,28,31,32)/t16-,19?/m1/s1. The second-order valence-electron chi connectivity index (χ2n) is 9.05. The smallest absolute Gasteiger partial charge is 0.263 e. The van der Waals surface area contributed by atoms with Crippen molar-refractivity contribution in [1.29, 1.82) is 0 Å². The Labute approximate surface area is 197 Å². The van der Waals surface area contributed by atoms with E-state index >= 15 is 0 Å². The highest BCUT2D eigenvalue weighted by molar-refractivity contribution is 6.03. The molecule has 2 aromatic heterocycles. The number of aliphatic imine (C=N–C) groups is 1. The van der Waals surface area contributed by atoms with Crippen LogP contribution in [-0.2, 0) is 13.5 Å². The van der Waals surface area contributed by atoms with Crippen LogP contribution in [-0.4, -0.2) is 43.4 Å². The van der Waals surface area contributed by atoms with Crippen molar-refractivity contribution < 1.29 is 8.78 Å². The molecule has 5 rings (SSSR count). The molecule has 2 aliphatic rings. The molecule has 3 aromatic rings. The predicted octanol–water partition coefficient (Wildman–Crippen LogP) is 4.65. The maximum atomic E-state index is 13.1. The number of rotatable bonds is 6. The van der Waals surface area contributed by atoms with Crippen molar-refractivity contribution in [3.63, 3.8) is 0 Å². The Bertz CT molecular complexity index is 1260. The number of nitrogens with zero attached hydrogens (tertiary/aromatic N) is 6. The Balaban J connectivity index is 1.38. The number of aryl methyl sites for hydroxylation is 2. The highest BCUT2D eigenvalue weighted by Gasteiger charge is 2.32. The minimum absolute atomic E-state index is 0.0752. The van der Waals surface area contributed by atoms with E-state index in [2.05, 4.69) is 33.3 Å². The summed E-state index contributed by atoms with van der Waals surface area (Å²) in [6, 6.07) is 8.60. The quantitative estimate of drug-likeness (QED) is 0.576. The molecular weight excluding hydrogens is 436 g/mol. The van der Waals surface area contributed by atoms with Crippen molar-refractivity contribution in [2.45, 2.75) is 26.7 Å². The number of hydrogen-bond donors (Lipinski definition) is 1. The first-order valence-electron chi connectivity index (χ1n) is 11.4. The summed E-state index contributed by atoms with van der Waals surface area (Å²) in [5.74, 6) is 2.84. The lowest BCUT2D eigenvalue weighted by Gasteiger charge is -2.33. The van der Waals surface area contributed by atoms with Crippen LogP contribution in [0.5, 0.6) is 0 Å². The minimum Gasteiger partial charge on any atom is -0.351 e. The van der Waals surface area contributed by atoms with Gasteiger partial charge in [-0.1, -0.05) is 31.2 Å². The van der Waals surface area contributed by atoms with Gasteiger partial charge in [0, 0.05) is 31.4 Å². The highest BCUT2D eigenvalue weighted by Crippen LogP contribution is 2.33. The number of allylic oxidation sites excluding steroid dienone is 1. The predicted molar refractivity (Wildman–Crippen MR) is 127 cm³/mol. The maximum Gasteiger partial charge on any atom is 0.263 e. The topological polar surface area (TPSA) is 71.2 Å². The number of benzene rings is 1. The van der Waals surface area contributed by atoms with E-state index in [1.54, 1.807) is 29.2 Å². The van der Waals surface area contributed by atoms with Gasteiger partial charge in [0.1, 0.15) is 11.6 Å². The molecule has 0 spiro atoms. The van der Waals surface area contributed by atoms with Gasteiger partial charge in [-0.3, -0.25) is 4.68 Å². The third-order valence-electron chi connectivity index (χ3n) is 6.50. The number of alkyl halides is 2. The van der Waals surface area contributed by atoms with Crippen molar-refractivity contribution in [1.82, 2.24) is 24.6 Å². The summed E-state index contributed by atoms with van der Waals surface area (Å²) in [6.07, 6.45) is 3.96. The molecule has 9 heteroatoms. The number of hydrogen-bond acceptors (Lipinski definition) is 6. The van der Waals surface area contributed by atoms with Gasteiger partial charge in [0.25, 0.3) is 6.43 Å². The van der Waals surface area contributed by atoms with Gasteiger partial charge in [-0.15, -0.1) is 0 Å². The molecule has 7 nitrogen and oxygen atoms in total. The van der Waals surface area contributed by atoms with Crippen LogP contribution in [0.4, 0.5) is 20.5 Å². The zero-order chi connectivity index (χ0) is 23.8. The summed E-state index contributed by atoms with van der Waals surface area (Å²) in [7, 11) is 1.85. The molecule has 0 saturated carbocycles. The average Bonchev–Trinajstić information content (AvgIpc) is 3.41. The second-order valence-corrected chi connectivity index (χ2v) is 9.05. The fourth-order valence-electron chi connectivity index (χ4n) is 4.57. The fraction of sp³-hybridized carbons (Fsp3) is 0.360. The van der Waals surface area contributed by atoms with Crippen LogP contribution < -0.4 is 5.32 Å². The fourth-order valence-corrected chi connectivity index (χ4v) is 4.57. The molecule has 2 atom stereocenters. The molecule has 0 aliphatic carbocycles. The molecule has 1 N–H and O–H groups in total. The van der Waals surface area contributed by atoms with Gasteiger partial charge in [0.15, 0.2) is 0 Å². The van der Waals surface area contributed by atoms with Crippen molar-refractivity contribution in [2.75, 3.05) is 18.4 Å². The molecule has 0 radical (unpaired) electrons. The SMILES string of the molecule is Cc1cnc(Nc2ccnn2C)nc1C1=NC2=CC(Cc3cccc(C(F)F)c3)[C@H](C)CN2C1. The van der Waals surface area contributed by atoms with Gasteiger partial charge in [-0.05, 0) is 42.4 Å². The summed E-state index contributed by atoms with van der Waals surface area (Å²) in [5, 5.41) is 7.36. The molecule has 2 aliphatic heterocycles. The third-order valence-corrected chi connectivity index (χ3v) is 6.50. The molecule has 34 heavy (non-hydrogen) atoms. The lowest BCUT2D eigenvalue weighted by Crippen LogP contribution is -2.35. The Morgan fingerprint density at radius 3 is 2.85 bits per heavy atom. The van der Waals surface area contributed by atoms with Crippen LogP contribution in [0.25, 0.3) is 0 Å². The van der Waals surface area contributed by atoms with Crippen LogP contribution >= 0.6 is 0 Å². The van der Waals surface area contributed by atoms with E-state index in [1.165, 1.54) is 6.07 Å². The largest absolute Gasteiger partial charge is 0.351 e. The molecule has 1 unspecified atom stereocenters. The third kappa shape index (κ3) is 4.42. The normalized spacial score (nSPS) is 19.8. The van der Waals surface area contributed by atoms with Gasteiger partial charge in [-0.25, -0.2) is 23.7 Å². The Kier molecular flexibility index (Phi) is 5.85. The molecule has 0 saturated heterocycles. The Morgan fingerprint density at radius 1 is 1.24 bits per heavy atom. The van der Waals surface area contributed by atoms with E-state index in [9.17, 15) is 8.78 Å². The first-order valence-corrected chi connectivity index (χ1v) is 11.4. The number of nitrogens with one attached hydrogen (secondary N) is 1. The van der Waals surface area contributed by atoms with Crippen molar-refractivity contribution >= 4 is 17.5 Å². The summed E-state index contributed by atoms with van der Waals surface area (Å²) in [4.78, 5) is 16.3. The molecule has 1 aromatic carbocycles. The van der Waals surface area contributed by atoms with Gasteiger partial charge in [0.05, 0.1) is 24.1 Å². The summed E-state index contributed by atoms with van der Waals surface area (Å²) >= 11 is 0. The van der Waals surface area contributed by atoms with E-state index in [0.29, 0.717) is 18.4 Å². The van der Waals surface area contributed by atoms with Gasteiger partial charge in [-0.2, -0.15) is 5.10 Å². The monoisotopic (exact) mass is 463 g/mol. The lowest BCUT2D eigenvalue weighted by atomic mass is 9.85. The van der Waals surface area contributed by atoms with Crippen molar-refractivity contribution in [2.24, 2.45) is 23.9 Å². The molecule has 176 valence electrons. The number of anilines is 2. The van der Waals surface area contributed by atoms with Crippen LogP contribution in [0, 0.1) is 18.8 Å².